The first-order valence-corrected chi connectivity index (χ1v) is 6.55. The fourth-order valence-corrected chi connectivity index (χ4v) is 2.67. The number of hydrogen-bond donors (Lipinski definition) is 2. The molecule has 19 heavy (non-hydrogen) atoms. The number of anilines is 2. The van der Waals surface area contributed by atoms with E-state index in [1.54, 1.807) is 23.1 Å². The quantitative estimate of drug-likeness (QED) is 0.793. The van der Waals surface area contributed by atoms with Crippen LogP contribution in [-0.2, 0) is 0 Å². The van der Waals surface area contributed by atoms with E-state index in [0.717, 1.165) is 26.1 Å². The SMILES string of the molecule is CN1CCC(CN(C)C(=O)c2cc(N)cc(N)c2)C1. The van der Waals surface area contributed by atoms with Gasteiger partial charge >= 0.3 is 0 Å². The minimum absolute atomic E-state index is 0.0199. The summed E-state index contributed by atoms with van der Waals surface area (Å²) in [6.45, 7) is 2.94. The molecular formula is C14H22N4O. The summed E-state index contributed by atoms with van der Waals surface area (Å²) in [5.41, 5.74) is 13.1. The minimum Gasteiger partial charge on any atom is -0.399 e. The van der Waals surface area contributed by atoms with Crippen molar-refractivity contribution in [2.45, 2.75) is 6.42 Å². The Bertz CT molecular complexity index is 454. The lowest BCUT2D eigenvalue weighted by Crippen LogP contribution is -2.32. The number of rotatable bonds is 3. The lowest BCUT2D eigenvalue weighted by Gasteiger charge is -2.21. The van der Waals surface area contributed by atoms with Crippen molar-refractivity contribution in [3.63, 3.8) is 0 Å². The summed E-state index contributed by atoms with van der Waals surface area (Å²) >= 11 is 0. The molecule has 0 radical (unpaired) electrons. The van der Waals surface area contributed by atoms with E-state index in [1.165, 1.54) is 0 Å². The van der Waals surface area contributed by atoms with Crippen LogP contribution in [0.15, 0.2) is 18.2 Å². The molecule has 5 nitrogen and oxygen atoms in total. The van der Waals surface area contributed by atoms with Crippen molar-refractivity contribution in [3.05, 3.63) is 23.8 Å². The number of carbonyl (C=O) groups is 1. The molecule has 0 bridgehead atoms. The predicted octanol–water partition coefficient (Wildman–Crippen LogP) is 0.875. The maximum absolute atomic E-state index is 12.3. The highest BCUT2D eigenvalue weighted by atomic mass is 16.2. The Balaban J connectivity index is 2.02. The molecule has 104 valence electrons. The van der Waals surface area contributed by atoms with Gasteiger partial charge in [-0.3, -0.25) is 4.79 Å². The summed E-state index contributed by atoms with van der Waals surface area (Å²) in [6, 6.07) is 5.01. The Morgan fingerprint density at radius 1 is 1.37 bits per heavy atom. The lowest BCUT2D eigenvalue weighted by molar-refractivity contribution is 0.0774. The Hall–Kier alpha value is -1.75. The lowest BCUT2D eigenvalue weighted by atomic mass is 10.1. The van der Waals surface area contributed by atoms with Crippen molar-refractivity contribution in [2.75, 3.05) is 45.2 Å². The van der Waals surface area contributed by atoms with E-state index in [1.807, 2.05) is 7.05 Å². The van der Waals surface area contributed by atoms with Gasteiger partial charge in [0.2, 0.25) is 0 Å². The summed E-state index contributed by atoms with van der Waals surface area (Å²) in [5, 5.41) is 0. The number of amides is 1. The van der Waals surface area contributed by atoms with E-state index >= 15 is 0 Å². The minimum atomic E-state index is -0.0199. The number of nitrogens with zero attached hydrogens (tertiary/aromatic N) is 2. The molecule has 0 aromatic heterocycles. The van der Waals surface area contributed by atoms with E-state index < -0.39 is 0 Å². The van der Waals surface area contributed by atoms with Crippen molar-refractivity contribution < 1.29 is 4.79 Å². The summed E-state index contributed by atoms with van der Waals surface area (Å²) in [7, 11) is 3.94. The molecule has 5 heteroatoms. The molecule has 1 aliphatic heterocycles. The van der Waals surface area contributed by atoms with Gasteiger partial charge < -0.3 is 21.3 Å². The first kappa shape index (κ1) is 13.7. The number of likely N-dealkylation sites (tertiary alicyclic amines) is 1. The van der Waals surface area contributed by atoms with Gasteiger partial charge in [0.15, 0.2) is 0 Å². The monoisotopic (exact) mass is 262 g/mol. The molecule has 1 fully saturated rings. The molecule has 1 aliphatic rings. The van der Waals surface area contributed by atoms with Crippen molar-refractivity contribution in [2.24, 2.45) is 5.92 Å². The van der Waals surface area contributed by atoms with E-state index in [4.69, 9.17) is 11.5 Å². The molecule has 0 spiro atoms. The van der Waals surface area contributed by atoms with Crippen LogP contribution in [0.3, 0.4) is 0 Å². The third-order valence-corrected chi connectivity index (χ3v) is 3.59. The molecular weight excluding hydrogens is 240 g/mol. The van der Waals surface area contributed by atoms with Gasteiger partial charge in [0.1, 0.15) is 0 Å². The fourth-order valence-electron chi connectivity index (χ4n) is 2.67. The standard InChI is InChI=1S/C14H22N4O/c1-17-4-3-10(8-17)9-18(2)14(19)11-5-12(15)7-13(16)6-11/h5-7,10H,3-4,8-9,15-16H2,1-2H3. The fraction of sp³-hybridized carbons (Fsp3) is 0.500. The molecule has 0 saturated carbocycles. The van der Waals surface area contributed by atoms with Crippen LogP contribution in [0.5, 0.6) is 0 Å². The van der Waals surface area contributed by atoms with Gasteiger partial charge in [0.25, 0.3) is 5.91 Å². The van der Waals surface area contributed by atoms with Crippen LogP contribution in [-0.4, -0.2) is 49.4 Å². The molecule has 1 heterocycles. The molecule has 1 amide bonds. The average Bonchev–Trinajstić information content (AvgIpc) is 2.72. The number of benzene rings is 1. The number of hydrogen-bond acceptors (Lipinski definition) is 4. The largest absolute Gasteiger partial charge is 0.399 e. The van der Waals surface area contributed by atoms with Gasteiger partial charge in [-0.05, 0) is 44.1 Å². The van der Waals surface area contributed by atoms with Gasteiger partial charge in [0.05, 0.1) is 0 Å². The van der Waals surface area contributed by atoms with Gasteiger partial charge in [-0.15, -0.1) is 0 Å². The summed E-state index contributed by atoms with van der Waals surface area (Å²) in [5.74, 6) is 0.533. The first-order chi connectivity index (χ1) is 8.95. The number of carbonyl (C=O) groups excluding carboxylic acids is 1. The van der Waals surface area contributed by atoms with Crippen LogP contribution in [0.1, 0.15) is 16.8 Å². The van der Waals surface area contributed by atoms with E-state index in [2.05, 4.69) is 11.9 Å². The van der Waals surface area contributed by atoms with Crippen LogP contribution >= 0.6 is 0 Å². The Labute approximate surface area is 114 Å². The molecule has 1 atom stereocenters. The highest BCUT2D eigenvalue weighted by molar-refractivity contribution is 5.96. The smallest absolute Gasteiger partial charge is 0.253 e. The van der Waals surface area contributed by atoms with Gasteiger partial charge in [-0.2, -0.15) is 0 Å². The van der Waals surface area contributed by atoms with E-state index in [9.17, 15) is 4.79 Å². The Morgan fingerprint density at radius 3 is 2.53 bits per heavy atom. The molecule has 1 aromatic carbocycles. The highest BCUT2D eigenvalue weighted by Gasteiger charge is 2.23. The second-order valence-corrected chi connectivity index (χ2v) is 5.49. The van der Waals surface area contributed by atoms with Gasteiger partial charge in [0, 0.05) is 37.1 Å². The molecule has 4 N–H and O–H groups in total. The van der Waals surface area contributed by atoms with Crippen LogP contribution < -0.4 is 11.5 Å². The first-order valence-electron chi connectivity index (χ1n) is 6.55. The van der Waals surface area contributed by atoms with Crippen molar-refractivity contribution in [1.82, 2.24) is 9.80 Å². The Morgan fingerprint density at radius 2 is 2.00 bits per heavy atom. The van der Waals surface area contributed by atoms with Crippen molar-refractivity contribution in [1.29, 1.82) is 0 Å². The number of nitrogen functional groups attached to an aromatic ring is 2. The summed E-state index contributed by atoms with van der Waals surface area (Å²) in [6.07, 6.45) is 1.15. The third kappa shape index (κ3) is 3.38. The molecule has 1 unspecified atom stereocenters. The Kier molecular flexibility index (Phi) is 3.95. The van der Waals surface area contributed by atoms with Crippen molar-refractivity contribution >= 4 is 17.3 Å². The summed E-state index contributed by atoms with van der Waals surface area (Å²) < 4.78 is 0. The number of nitrogens with two attached hydrogens (primary N) is 2. The predicted molar refractivity (Wildman–Crippen MR) is 77.8 cm³/mol. The molecule has 1 saturated heterocycles. The third-order valence-electron chi connectivity index (χ3n) is 3.59. The van der Waals surface area contributed by atoms with Crippen LogP contribution in [0.4, 0.5) is 11.4 Å². The van der Waals surface area contributed by atoms with E-state index in [-0.39, 0.29) is 5.91 Å². The molecule has 1 aromatic rings. The summed E-state index contributed by atoms with van der Waals surface area (Å²) in [4.78, 5) is 16.4. The topological polar surface area (TPSA) is 75.6 Å². The molecule has 0 aliphatic carbocycles. The zero-order valence-corrected chi connectivity index (χ0v) is 11.6. The normalized spacial score (nSPS) is 19.6. The van der Waals surface area contributed by atoms with E-state index in [0.29, 0.717) is 22.9 Å². The maximum atomic E-state index is 12.3. The zero-order chi connectivity index (χ0) is 14.0. The van der Waals surface area contributed by atoms with Crippen LogP contribution in [0.2, 0.25) is 0 Å². The van der Waals surface area contributed by atoms with Crippen molar-refractivity contribution in [3.8, 4) is 0 Å². The van der Waals surface area contributed by atoms with Crippen LogP contribution in [0, 0.1) is 5.92 Å². The van der Waals surface area contributed by atoms with Gasteiger partial charge in [-0.1, -0.05) is 0 Å². The zero-order valence-electron chi connectivity index (χ0n) is 11.6. The van der Waals surface area contributed by atoms with Gasteiger partial charge in [-0.25, -0.2) is 0 Å². The van der Waals surface area contributed by atoms with Crippen LogP contribution in [0.25, 0.3) is 0 Å². The average molecular weight is 262 g/mol. The maximum Gasteiger partial charge on any atom is 0.253 e. The highest BCUT2D eigenvalue weighted by Crippen LogP contribution is 2.18. The second kappa shape index (κ2) is 5.48. The second-order valence-electron chi connectivity index (χ2n) is 5.49. The molecule has 2 rings (SSSR count).